The van der Waals surface area contributed by atoms with E-state index in [1.165, 1.54) is 0 Å². The van der Waals surface area contributed by atoms with Crippen LogP contribution < -0.4 is 10.6 Å². The Hall–Kier alpha value is -1.88. The fourth-order valence-corrected chi connectivity index (χ4v) is 2.10. The molecule has 1 saturated heterocycles. The minimum absolute atomic E-state index is 0.252. The summed E-state index contributed by atoms with van der Waals surface area (Å²) < 4.78 is 0. The van der Waals surface area contributed by atoms with Gasteiger partial charge in [0.15, 0.2) is 0 Å². The Balaban J connectivity index is 1.81. The number of nitrogens with one attached hydrogen (secondary N) is 1. The average Bonchev–Trinajstić information content (AvgIpc) is 3.00. The number of aromatic nitrogens is 3. The third kappa shape index (κ3) is 2.01. The molecule has 0 aromatic carbocycles. The molecule has 2 aromatic rings. The molecule has 1 aliphatic heterocycles. The van der Waals surface area contributed by atoms with Gasteiger partial charge in [-0.3, -0.25) is 0 Å². The van der Waals surface area contributed by atoms with Crippen LogP contribution in [0.2, 0.25) is 0 Å². The van der Waals surface area contributed by atoms with E-state index in [9.17, 15) is 0 Å². The topological polar surface area (TPSA) is 70.8 Å². The van der Waals surface area contributed by atoms with E-state index in [4.69, 9.17) is 5.73 Å². The Kier molecular flexibility index (Phi) is 2.53. The fraction of sp³-hybridized carbons (Fsp3) is 0.333. The quantitative estimate of drug-likeness (QED) is 0.806. The van der Waals surface area contributed by atoms with Crippen molar-refractivity contribution in [1.82, 2.24) is 15.0 Å². The molecule has 17 heavy (non-hydrogen) atoms. The fourth-order valence-electron chi connectivity index (χ4n) is 2.10. The van der Waals surface area contributed by atoms with Gasteiger partial charge < -0.3 is 15.6 Å². The molecule has 0 bridgehead atoms. The number of nitrogens with two attached hydrogens (primary N) is 1. The van der Waals surface area contributed by atoms with E-state index in [2.05, 4.69) is 19.9 Å². The van der Waals surface area contributed by atoms with Crippen LogP contribution in [-0.4, -0.2) is 34.1 Å². The van der Waals surface area contributed by atoms with E-state index in [0.717, 1.165) is 36.7 Å². The van der Waals surface area contributed by atoms with Crippen LogP contribution in [0.5, 0.6) is 0 Å². The first-order valence-corrected chi connectivity index (χ1v) is 5.79. The number of hydrogen-bond donors (Lipinski definition) is 2. The molecule has 5 heteroatoms. The highest BCUT2D eigenvalue weighted by Crippen LogP contribution is 2.18. The van der Waals surface area contributed by atoms with Gasteiger partial charge in [0.05, 0.1) is 0 Å². The molecule has 0 radical (unpaired) electrons. The van der Waals surface area contributed by atoms with Crippen molar-refractivity contribution in [1.29, 1.82) is 0 Å². The molecule has 3 N–H and O–H groups in total. The Morgan fingerprint density at radius 2 is 2.18 bits per heavy atom. The van der Waals surface area contributed by atoms with Crippen molar-refractivity contribution in [3.63, 3.8) is 0 Å². The number of hydrogen-bond acceptors (Lipinski definition) is 4. The van der Waals surface area contributed by atoms with Crippen LogP contribution in [0, 0.1) is 0 Å². The van der Waals surface area contributed by atoms with E-state index in [1.54, 1.807) is 0 Å². The van der Waals surface area contributed by atoms with Crippen molar-refractivity contribution in [3.05, 3.63) is 30.7 Å². The highest BCUT2D eigenvalue weighted by atomic mass is 15.3. The van der Waals surface area contributed by atoms with Crippen molar-refractivity contribution in [2.45, 2.75) is 12.5 Å². The van der Waals surface area contributed by atoms with Gasteiger partial charge in [-0.05, 0) is 18.6 Å². The summed E-state index contributed by atoms with van der Waals surface area (Å²) in [5.41, 5.74) is 7.91. The van der Waals surface area contributed by atoms with Crippen LogP contribution in [0.4, 0.5) is 5.95 Å². The molecule has 0 aliphatic carbocycles. The van der Waals surface area contributed by atoms with Gasteiger partial charge in [0.25, 0.3) is 0 Å². The van der Waals surface area contributed by atoms with Crippen LogP contribution in [0.15, 0.2) is 30.7 Å². The highest BCUT2D eigenvalue weighted by Gasteiger charge is 2.20. The first-order valence-electron chi connectivity index (χ1n) is 5.79. The standard InChI is InChI=1S/C12H15N5/c13-10-3-5-17(8-10)12-15-6-9(7-16-12)11-2-1-4-14-11/h1-2,4,6-7,10,14H,3,5,8,13H2. The largest absolute Gasteiger partial charge is 0.361 e. The minimum atomic E-state index is 0.252. The minimum Gasteiger partial charge on any atom is -0.361 e. The van der Waals surface area contributed by atoms with E-state index >= 15 is 0 Å². The molecular formula is C12H15N5. The summed E-state index contributed by atoms with van der Waals surface area (Å²) in [6.07, 6.45) is 6.60. The Morgan fingerprint density at radius 1 is 1.35 bits per heavy atom. The molecule has 1 atom stereocenters. The molecule has 3 rings (SSSR count). The van der Waals surface area contributed by atoms with Crippen molar-refractivity contribution in [2.75, 3.05) is 18.0 Å². The van der Waals surface area contributed by atoms with Crippen LogP contribution in [0.3, 0.4) is 0 Å². The monoisotopic (exact) mass is 229 g/mol. The zero-order valence-electron chi connectivity index (χ0n) is 9.50. The molecule has 0 spiro atoms. The molecule has 0 amide bonds. The maximum Gasteiger partial charge on any atom is 0.225 e. The van der Waals surface area contributed by atoms with E-state index in [0.29, 0.717) is 0 Å². The second-order valence-electron chi connectivity index (χ2n) is 4.35. The smallest absolute Gasteiger partial charge is 0.225 e. The van der Waals surface area contributed by atoms with Crippen LogP contribution in [0.25, 0.3) is 11.3 Å². The van der Waals surface area contributed by atoms with Gasteiger partial charge in [0.2, 0.25) is 5.95 Å². The summed E-state index contributed by atoms with van der Waals surface area (Å²) >= 11 is 0. The summed E-state index contributed by atoms with van der Waals surface area (Å²) in [7, 11) is 0. The summed E-state index contributed by atoms with van der Waals surface area (Å²) in [5, 5.41) is 0. The lowest BCUT2D eigenvalue weighted by molar-refractivity contribution is 0.750. The van der Waals surface area contributed by atoms with Gasteiger partial charge in [-0.2, -0.15) is 0 Å². The lowest BCUT2D eigenvalue weighted by Gasteiger charge is -2.15. The van der Waals surface area contributed by atoms with Gasteiger partial charge in [0, 0.05) is 49.0 Å². The van der Waals surface area contributed by atoms with Crippen molar-refractivity contribution < 1.29 is 0 Å². The SMILES string of the molecule is NC1CCN(c2ncc(-c3ccc[nH]3)cn2)C1. The van der Waals surface area contributed by atoms with Crippen molar-refractivity contribution >= 4 is 5.95 Å². The normalized spacial score (nSPS) is 19.8. The molecule has 1 unspecified atom stereocenters. The van der Waals surface area contributed by atoms with E-state index < -0.39 is 0 Å². The average molecular weight is 229 g/mol. The second kappa shape index (κ2) is 4.18. The summed E-state index contributed by atoms with van der Waals surface area (Å²) in [5.74, 6) is 0.772. The first-order chi connectivity index (χ1) is 8.33. The predicted octanol–water partition coefficient (Wildman–Crippen LogP) is 1.01. The Labute approximate surface area is 99.7 Å². The molecule has 88 valence electrons. The number of H-pyrrole nitrogens is 1. The maximum absolute atomic E-state index is 5.87. The van der Waals surface area contributed by atoms with Crippen LogP contribution in [0.1, 0.15) is 6.42 Å². The Morgan fingerprint density at radius 3 is 2.76 bits per heavy atom. The molecule has 1 fully saturated rings. The van der Waals surface area contributed by atoms with Gasteiger partial charge >= 0.3 is 0 Å². The lowest BCUT2D eigenvalue weighted by Crippen LogP contribution is -2.27. The summed E-state index contributed by atoms with van der Waals surface area (Å²) in [6, 6.07) is 4.22. The summed E-state index contributed by atoms with van der Waals surface area (Å²) in [4.78, 5) is 14.0. The van der Waals surface area contributed by atoms with Gasteiger partial charge in [-0.1, -0.05) is 0 Å². The highest BCUT2D eigenvalue weighted by molar-refractivity contribution is 5.57. The van der Waals surface area contributed by atoms with Crippen molar-refractivity contribution in [2.24, 2.45) is 5.73 Å². The molecule has 5 nitrogen and oxygen atoms in total. The van der Waals surface area contributed by atoms with Crippen LogP contribution in [-0.2, 0) is 0 Å². The predicted molar refractivity (Wildman–Crippen MR) is 66.6 cm³/mol. The Bertz CT molecular complexity index is 476. The third-order valence-corrected chi connectivity index (χ3v) is 3.05. The van der Waals surface area contributed by atoms with Crippen molar-refractivity contribution in [3.8, 4) is 11.3 Å². The van der Waals surface area contributed by atoms with Gasteiger partial charge in [-0.15, -0.1) is 0 Å². The molecule has 3 heterocycles. The van der Waals surface area contributed by atoms with E-state index in [1.807, 2.05) is 30.7 Å². The molecule has 0 saturated carbocycles. The second-order valence-corrected chi connectivity index (χ2v) is 4.35. The number of nitrogens with zero attached hydrogens (tertiary/aromatic N) is 3. The lowest BCUT2D eigenvalue weighted by atomic mass is 10.2. The van der Waals surface area contributed by atoms with Crippen LogP contribution >= 0.6 is 0 Å². The third-order valence-electron chi connectivity index (χ3n) is 3.05. The first kappa shape index (κ1) is 10.3. The molecule has 1 aliphatic rings. The van der Waals surface area contributed by atoms with Gasteiger partial charge in [-0.25, -0.2) is 9.97 Å². The summed E-state index contributed by atoms with van der Waals surface area (Å²) in [6.45, 7) is 1.80. The zero-order valence-corrected chi connectivity index (χ0v) is 9.50. The molecule has 2 aromatic heterocycles. The molecular weight excluding hydrogens is 214 g/mol. The number of rotatable bonds is 2. The maximum atomic E-state index is 5.87. The van der Waals surface area contributed by atoms with E-state index in [-0.39, 0.29) is 6.04 Å². The zero-order chi connectivity index (χ0) is 11.7. The van der Waals surface area contributed by atoms with Gasteiger partial charge in [0.1, 0.15) is 0 Å². The number of anilines is 1. The number of aromatic amines is 1.